The second-order valence-corrected chi connectivity index (χ2v) is 3.27. The van der Waals surface area contributed by atoms with Crippen LogP contribution in [0.5, 0.6) is 5.75 Å². The zero-order chi connectivity index (χ0) is 11.4. The van der Waals surface area contributed by atoms with Crippen LogP contribution in [0.15, 0.2) is 18.2 Å². The standard InChI is InChI=1S/C10H9ClO4/c1-15-7-3-2-6(8(11)5-7)4-9(12)10(13)14/h2-3,5H,4H2,1H3,(H,13,14). The minimum absolute atomic E-state index is 0.210. The van der Waals surface area contributed by atoms with Gasteiger partial charge in [-0.25, -0.2) is 4.79 Å². The maximum atomic E-state index is 10.9. The molecule has 0 aromatic heterocycles. The van der Waals surface area contributed by atoms with Crippen molar-refractivity contribution in [2.45, 2.75) is 6.42 Å². The van der Waals surface area contributed by atoms with Gasteiger partial charge in [-0.2, -0.15) is 0 Å². The van der Waals surface area contributed by atoms with E-state index in [1.165, 1.54) is 13.2 Å². The maximum Gasteiger partial charge on any atom is 0.372 e. The summed E-state index contributed by atoms with van der Waals surface area (Å²) < 4.78 is 4.92. The van der Waals surface area contributed by atoms with E-state index in [1.54, 1.807) is 12.1 Å². The first-order valence-corrected chi connectivity index (χ1v) is 4.51. The minimum Gasteiger partial charge on any atom is -0.497 e. The van der Waals surface area contributed by atoms with Gasteiger partial charge in [0.2, 0.25) is 5.78 Å². The fourth-order valence-electron chi connectivity index (χ4n) is 1.05. The summed E-state index contributed by atoms with van der Waals surface area (Å²) >= 11 is 5.83. The first-order valence-electron chi connectivity index (χ1n) is 4.13. The summed E-state index contributed by atoms with van der Waals surface area (Å²) in [6, 6.07) is 4.73. The molecule has 1 aromatic rings. The van der Waals surface area contributed by atoms with Crippen molar-refractivity contribution in [1.82, 2.24) is 0 Å². The fourth-order valence-corrected chi connectivity index (χ4v) is 1.28. The number of Topliss-reactive ketones (excluding diaryl/α,β-unsaturated/α-hetero) is 1. The summed E-state index contributed by atoms with van der Waals surface area (Å²) in [6.45, 7) is 0. The molecule has 1 rings (SSSR count). The number of halogens is 1. The van der Waals surface area contributed by atoms with E-state index >= 15 is 0 Å². The van der Waals surface area contributed by atoms with Crippen molar-refractivity contribution < 1.29 is 19.4 Å². The zero-order valence-corrected chi connectivity index (χ0v) is 8.75. The largest absolute Gasteiger partial charge is 0.497 e. The molecule has 0 saturated heterocycles. The van der Waals surface area contributed by atoms with Gasteiger partial charge in [0.15, 0.2) is 0 Å². The lowest BCUT2D eigenvalue weighted by atomic mass is 10.1. The summed E-state index contributed by atoms with van der Waals surface area (Å²) in [4.78, 5) is 21.3. The number of carbonyl (C=O) groups excluding carboxylic acids is 1. The summed E-state index contributed by atoms with van der Waals surface area (Å²) in [7, 11) is 1.49. The van der Waals surface area contributed by atoms with Crippen molar-refractivity contribution in [3.05, 3.63) is 28.8 Å². The Morgan fingerprint density at radius 2 is 2.13 bits per heavy atom. The van der Waals surface area contributed by atoms with E-state index in [0.717, 1.165) is 0 Å². The quantitative estimate of drug-likeness (QED) is 0.794. The molecule has 0 radical (unpaired) electrons. The number of carboxylic acids is 1. The highest BCUT2D eigenvalue weighted by Gasteiger charge is 2.14. The van der Waals surface area contributed by atoms with Gasteiger partial charge >= 0.3 is 5.97 Å². The van der Waals surface area contributed by atoms with Crippen molar-refractivity contribution in [3.63, 3.8) is 0 Å². The lowest BCUT2D eigenvalue weighted by Gasteiger charge is -2.04. The lowest BCUT2D eigenvalue weighted by molar-refractivity contribution is -0.148. The number of aliphatic carboxylic acids is 1. The zero-order valence-electron chi connectivity index (χ0n) is 7.99. The Morgan fingerprint density at radius 1 is 1.47 bits per heavy atom. The van der Waals surface area contributed by atoms with Crippen molar-refractivity contribution >= 4 is 23.4 Å². The van der Waals surface area contributed by atoms with Crippen LogP contribution < -0.4 is 4.74 Å². The molecule has 0 spiro atoms. The monoisotopic (exact) mass is 228 g/mol. The van der Waals surface area contributed by atoms with Crippen LogP contribution in [0.25, 0.3) is 0 Å². The van der Waals surface area contributed by atoms with E-state index in [9.17, 15) is 9.59 Å². The number of hydrogen-bond acceptors (Lipinski definition) is 3. The molecule has 0 aliphatic rings. The molecule has 15 heavy (non-hydrogen) atoms. The average Bonchev–Trinajstić information content (AvgIpc) is 2.20. The van der Waals surface area contributed by atoms with Gasteiger partial charge in [0.25, 0.3) is 0 Å². The second-order valence-electron chi connectivity index (χ2n) is 2.86. The van der Waals surface area contributed by atoms with Gasteiger partial charge in [-0.3, -0.25) is 4.79 Å². The SMILES string of the molecule is COc1ccc(CC(=O)C(=O)O)c(Cl)c1. The van der Waals surface area contributed by atoms with Gasteiger partial charge in [-0.1, -0.05) is 17.7 Å². The predicted octanol–water partition coefficient (Wildman–Crippen LogP) is 1.54. The van der Waals surface area contributed by atoms with E-state index in [1.807, 2.05) is 0 Å². The molecule has 0 heterocycles. The topological polar surface area (TPSA) is 63.6 Å². The second kappa shape index (κ2) is 4.79. The Bertz CT molecular complexity index is 400. The Hall–Kier alpha value is -1.55. The number of hydrogen-bond donors (Lipinski definition) is 1. The smallest absolute Gasteiger partial charge is 0.372 e. The first-order chi connectivity index (χ1) is 7.04. The minimum atomic E-state index is -1.46. The number of rotatable bonds is 4. The van der Waals surface area contributed by atoms with Crippen molar-refractivity contribution in [1.29, 1.82) is 0 Å². The summed E-state index contributed by atoms with van der Waals surface area (Å²) in [5.74, 6) is -1.78. The molecular weight excluding hydrogens is 220 g/mol. The molecule has 4 nitrogen and oxygen atoms in total. The summed E-state index contributed by atoms with van der Waals surface area (Å²) in [5, 5.41) is 8.74. The predicted molar refractivity (Wildman–Crippen MR) is 54.4 cm³/mol. The van der Waals surface area contributed by atoms with Crippen LogP contribution in [0.2, 0.25) is 5.02 Å². The van der Waals surface area contributed by atoms with E-state index in [0.29, 0.717) is 16.3 Å². The normalized spacial score (nSPS) is 9.73. The van der Waals surface area contributed by atoms with Crippen LogP contribution in [-0.4, -0.2) is 24.0 Å². The molecule has 0 aliphatic carbocycles. The summed E-state index contributed by atoms with van der Waals surface area (Å²) in [5.41, 5.74) is 0.477. The van der Waals surface area contributed by atoms with Gasteiger partial charge in [0, 0.05) is 11.4 Å². The van der Waals surface area contributed by atoms with Gasteiger partial charge < -0.3 is 9.84 Å². The highest BCUT2D eigenvalue weighted by atomic mass is 35.5. The van der Waals surface area contributed by atoms with Crippen LogP contribution in [0, 0.1) is 0 Å². The Labute approximate surface area is 91.4 Å². The first kappa shape index (κ1) is 11.5. The molecular formula is C10H9ClO4. The molecule has 0 aliphatic heterocycles. The van der Waals surface area contributed by atoms with E-state index in [4.69, 9.17) is 21.4 Å². The highest BCUT2D eigenvalue weighted by Crippen LogP contribution is 2.22. The van der Waals surface area contributed by atoms with Gasteiger partial charge in [-0.05, 0) is 17.7 Å². The van der Waals surface area contributed by atoms with Crippen molar-refractivity contribution in [3.8, 4) is 5.75 Å². The van der Waals surface area contributed by atoms with E-state index < -0.39 is 11.8 Å². The molecule has 0 bridgehead atoms. The molecule has 0 atom stereocenters. The van der Waals surface area contributed by atoms with Crippen LogP contribution >= 0.6 is 11.6 Å². The average molecular weight is 229 g/mol. The molecule has 0 unspecified atom stereocenters. The van der Waals surface area contributed by atoms with Crippen molar-refractivity contribution in [2.75, 3.05) is 7.11 Å². The van der Waals surface area contributed by atoms with E-state index in [2.05, 4.69) is 0 Å². The van der Waals surface area contributed by atoms with Gasteiger partial charge in [0.1, 0.15) is 5.75 Å². The molecule has 80 valence electrons. The Morgan fingerprint density at radius 3 is 2.60 bits per heavy atom. The van der Waals surface area contributed by atoms with Gasteiger partial charge in [-0.15, -0.1) is 0 Å². The Balaban J connectivity index is 2.87. The molecule has 1 aromatic carbocycles. The molecule has 0 amide bonds. The number of ketones is 1. The number of carboxylic acid groups (broad SMARTS) is 1. The fraction of sp³-hybridized carbons (Fsp3) is 0.200. The maximum absolute atomic E-state index is 10.9. The summed E-state index contributed by atoms with van der Waals surface area (Å²) in [6.07, 6.45) is -0.210. The number of ether oxygens (including phenoxy) is 1. The number of carbonyl (C=O) groups is 2. The molecule has 0 fully saturated rings. The Kier molecular flexibility index (Phi) is 3.68. The third-order valence-electron chi connectivity index (χ3n) is 1.85. The highest BCUT2D eigenvalue weighted by molar-refractivity contribution is 6.35. The van der Waals surface area contributed by atoms with E-state index in [-0.39, 0.29) is 6.42 Å². The van der Waals surface area contributed by atoms with Crippen LogP contribution in [0.3, 0.4) is 0 Å². The van der Waals surface area contributed by atoms with Crippen LogP contribution in [-0.2, 0) is 16.0 Å². The lowest BCUT2D eigenvalue weighted by Crippen LogP contribution is -2.15. The van der Waals surface area contributed by atoms with Crippen molar-refractivity contribution in [2.24, 2.45) is 0 Å². The van der Waals surface area contributed by atoms with Gasteiger partial charge in [0.05, 0.1) is 7.11 Å². The van der Waals surface area contributed by atoms with Crippen LogP contribution in [0.1, 0.15) is 5.56 Å². The molecule has 5 heteroatoms. The molecule has 0 saturated carbocycles. The van der Waals surface area contributed by atoms with Crippen LogP contribution in [0.4, 0.5) is 0 Å². The third-order valence-corrected chi connectivity index (χ3v) is 2.20. The number of methoxy groups -OCH3 is 1. The number of benzene rings is 1. The molecule has 1 N–H and O–H groups in total. The third kappa shape index (κ3) is 2.95.